The molecule has 4 aromatic carbocycles. The third-order valence-corrected chi connectivity index (χ3v) is 7.70. The number of hydrogen-bond donors (Lipinski definition) is 0. The Morgan fingerprint density at radius 3 is 1.88 bits per heavy atom. The van der Waals surface area contributed by atoms with E-state index in [1.165, 1.54) is 0 Å². The predicted octanol–water partition coefficient (Wildman–Crippen LogP) is 9.50. The second-order valence-corrected chi connectivity index (χ2v) is 10.4. The Labute approximate surface area is 248 Å². The summed E-state index contributed by atoms with van der Waals surface area (Å²) in [4.78, 5) is 18.6. The first-order chi connectivity index (χ1) is 21.3. The summed E-state index contributed by atoms with van der Waals surface area (Å²) in [6, 6.07) is 41.3. The highest BCUT2D eigenvalue weighted by Crippen LogP contribution is 2.37. The fraction of sp³-hybridized carbons (Fsp3) is 0. The van der Waals surface area contributed by atoms with Gasteiger partial charge in [-0.25, -0.2) is 9.97 Å². The maximum Gasteiger partial charge on any atom is 0.161 e. The quantitative estimate of drug-likeness (QED) is 0.213. The Morgan fingerprint density at radius 1 is 0.442 bits per heavy atom. The zero-order valence-electron chi connectivity index (χ0n) is 23.1. The number of fused-ring (bicyclic) bond motifs is 3. The molecule has 0 fully saturated rings. The monoisotopic (exact) mass is 552 g/mol. The minimum absolute atomic E-state index is 0.627. The van der Waals surface area contributed by atoms with Gasteiger partial charge in [-0.3, -0.25) is 9.97 Å². The van der Waals surface area contributed by atoms with Gasteiger partial charge < -0.3 is 4.42 Å². The van der Waals surface area contributed by atoms with Crippen molar-refractivity contribution in [3.05, 3.63) is 146 Å². The molecule has 202 valence electrons. The van der Waals surface area contributed by atoms with Crippen molar-refractivity contribution in [1.82, 2.24) is 19.9 Å². The van der Waals surface area contributed by atoms with E-state index in [0.717, 1.165) is 72.3 Å². The number of rotatable bonds is 5. The third-order valence-electron chi connectivity index (χ3n) is 7.70. The Kier molecular flexibility index (Phi) is 6.05. The Bertz CT molecular complexity index is 2220. The molecule has 0 N–H and O–H groups in total. The van der Waals surface area contributed by atoms with E-state index < -0.39 is 0 Å². The summed E-state index contributed by atoms with van der Waals surface area (Å²) in [7, 11) is 0. The summed E-state index contributed by atoms with van der Waals surface area (Å²) in [5.41, 5.74) is 10.6. The zero-order valence-corrected chi connectivity index (χ0v) is 23.1. The van der Waals surface area contributed by atoms with Gasteiger partial charge in [-0.2, -0.15) is 0 Å². The molecule has 0 bridgehead atoms. The molecule has 5 heteroatoms. The maximum absolute atomic E-state index is 6.34. The van der Waals surface area contributed by atoms with Crippen LogP contribution >= 0.6 is 0 Å². The molecule has 0 saturated carbocycles. The van der Waals surface area contributed by atoms with Gasteiger partial charge in [-0.05, 0) is 53.1 Å². The molecule has 4 aromatic heterocycles. The van der Waals surface area contributed by atoms with Gasteiger partial charge in [-0.15, -0.1) is 0 Å². The molecule has 0 aliphatic rings. The Morgan fingerprint density at radius 2 is 1.09 bits per heavy atom. The molecule has 0 unspecified atom stereocenters. The highest BCUT2D eigenvalue weighted by atomic mass is 16.3. The number of aromatic nitrogens is 4. The van der Waals surface area contributed by atoms with Crippen LogP contribution in [0.1, 0.15) is 0 Å². The van der Waals surface area contributed by atoms with Crippen molar-refractivity contribution in [2.24, 2.45) is 0 Å². The standard InChI is InChI=1S/C38H24N4O/c1-2-14-36-32(11-1)33-13-4-12-31(37(33)43-36)27-7-3-8-28(21-27)35-22-34(41-38(42-35)30-10-6-20-40-24-30)26-17-15-25(16-18-26)29-9-5-19-39-23-29/h1-24H. The van der Waals surface area contributed by atoms with Gasteiger partial charge in [0, 0.05) is 57.8 Å². The highest BCUT2D eigenvalue weighted by molar-refractivity contribution is 6.09. The molecular weight excluding hydrogens is 528 g/mol. The number of nitrogens with zero attached hydrogens (tertiary/aromatic N) is 4. The van der Waals surface area contributed by atoms with E-state index in [0.29, 0.717) is 5.82 Å². The van der Waals surface area contributed by atoms with Crippen molar-refractivity contribution in [2.75, 3.05) is 0 Å². The summed E-state index contributed by atoms with van der Waals surface area (Å²) in [6.45, 7) is 0. The lowest BCUT2D eigenvalue weighted by Crippen LogP contribution is -1.96. The van der Waals surface area contributed by atoms with Crippen LogP contribution in [-0.2, 0) is 0 Å². The number of furan rings is 1. The van der Waals surface area contributed by atoms with Crippen molar-refractivity contribution in [3.8, 4) is 56.2 Å². The lowest BCUT2D eigenvalue weighted by atomic mass is 9.98. The first-order valence-electron chi connectivity index (χ1n) is 14.1. The average Bonchev–Trinajstić information content (AvgIpc) is 3.48. The van der Waals surface area contributed by atoms with Crippen LogP contribution in [0.25, 0.3) is 78.1 Å². The van der Waals surface area contributed by atoms with Gasteiger partial charge in [-0.1, -0.05) is 84.9 Å². The van der Waals surface area contributed by atoms with Gasteiger partial charge in [0.25, 0.3) is 0 Å². The maximum atomic E-state index is 6.34. The van der Waals surface area contributed by atoms with Crippen molar-refractivity contribution in [3.63, 3.8) is 0 Å². The van der Waals surface area contributed by atoms with Crippen molar-refractivity contribution < 1.29 is 4.42 Å². The van der Waals surface area contributed by atoms with Crippen molar-refractivity contribution >= 4 is 21.9 Å². The summed E-state index contributed by atoms with van der Waals surface area (Å²) in [5, 5.41) is 2.23. The second kappa shape index (κ2) is 10.5. The van der Waals surface area contributed by atoms with Crippen LogP contribution in [-0.4, -0.2) is 19.9 Å². The van der Waals surface area contributed by atoms with E-state index in [1.54, 1.807) is 18.6 Å². The summed E-state index contributed by atoms with van der Waals surface area (Å²) in [5.74, 6) is 0.627. The molecule has 5 nitrogen and oxygen atoms in total. The van der Waals surface area contributed by atoms with Crippen LogP contribution in [0, 0.1) is 0 Å². The normalized spacial score (nSPS) is 11.3. The smallest absolute Gasteiger partial charge is 0.161 e. The number of para-hydroxylation sites is 2. The van der Waals surface area contributed by atoms with Crippen LogP contribution in [0.15, 0.2) is 151 Å². The number of hydrogen-bond acceptors (Lipinski definition) is 5. The van der Waals surface area contributed by atoms with E-state index in [-0.39, 0.29) is 0 Å². The van der Waals surface area contributed by atoms with E-state index in [2.05, 4.69) is 94.9 Å². The van der Waals surface area contributed by atoms with E-state index in [4.69, 9.17) is 14.4 Å². The SMILES string of the molecule is c1cncc(-c2ccc(-c3cc(-c4cccc(-c5cccc6c5oc5ccccc56)c4)nc(-c4cccnc4)n3)cc2)c1. The first kappa shape index (κ1) is 24.8. The fourth-order valence-electron chi connectivity index (χ4n) is 5.55. The largest absolute Gasteiger partial charge is 0.455 e. The number of benzene rings is 4. The van der Waals surface area contributed by atoms with Crippen LogP contribution in [0.3, 0.4) is 0 Å². The Balaban J connectivity index is 1.25. The molecular formula is C38H24N4O. The van der Waals surface area contributed by atoms with Gasteiger partial charge in [0.2, 0.25) is 0 Å². The van der Waals surface area contributed by atoms with E-state index >= 15 is 0 Å². The molecule has 0 spiro atoms. The topological polar surface area (TPSA) is 64.7 Å². The van der Waals surface area contributed by atoms with Gasteiger partial charge in [0.1, 0.15) is 11.2 Å². The molecule has 0 aliphatic carbocycles. The van der Waals surface area contributed by atoms with Crippen molar-refractivity contribution in [2.45, 2.75) is 0 Å². The zero-order chi connectivity index (χ0) is 28.6. The second-order valence-electron chi connectivity index (χ2n) is 10.4. The summed E-state index contributed by atoms with van der Waals surface area (Å²) >= 11 is 0. The van der Waals surface area contributed by atoms with Crippen LogP contribution in [0.5, 0.6) is 0 Å². The molecule has 8 rings (SSSR count). The lowest BCUT2D eigenvalue weighted by Gasteiger charge is -2.11. The van der Waals surface area contributed by atoms with Gasteiger partial charge >= 0.3 is 0 Å². The van der Waals surface area contributed by atoms with Crippen LogP contribution in [0.4, 0.5) is 0 Å². The van der Waals surface area contributed by atoms with E-state index in [1.807, 2.05) is 42.6 Å². The lowest BCUT2D eigenvalue weighted by molar-refractivity contribution is 0.670. The average molecular weight is 553 g/mol. The molecule has 8 aromatic rings. The minimum Gasteiger partial charge on any atom is -0.455 e. The van der Waals surface area contributed by atoms with Crippen LogP contribution in [0.2, 0.25) is 0 Å². The highest BCUT2D eigenvalue weighted by Gasteiger charge is 2.15. The fourth-order valence-corrected chi connectivity index (χ4v) is 5.55. The molecule has 0 radical (unpaired) electrons. The number of pyridine rings is 2. The molecule has 43 heavy (non-hydrogen) atoms. The van der Waals surface area contributed by atoms with Crippen molar-refractivity contribution in [1.29, 1.82) is 0 Å². The first-order valence-corrected chi connectivity index (χ1v) is 14.1. The molecule has 0 saturated heterocycles. The summed E-state index contributed by atoms with van der Waals surface area (Å²) in [6.07, 6.45) is 7.21. The molecule has 0 amide bonds. The third kappa shape index (κ3) is 4.63. The minimum atomic E-state index is 0.627. The summed E-state index contributed by atoms with van der Waals surface area (Å²) < 4.78 is 6.34. The van der Waals surface area contributed by atoms with Crippen LogP contribution < -0.4 is 0 Å². The molecule has 4 heterocycles. The Hall–Kier alpha value is -5.94. The molecule has 0 aliphatic heterocycles. The van der Waals surface area contributed by atoms with Gasteiger partial charge in [0.05, 0.1) is 11.4 Å². The predicted molar refractivity (Wildman–Crippen MR) is 172 cm³/mol. The van der Waals surface area contributed by atoms with E-state index in [9.17, 15) is 0 Å². The molecule has 0 atom stereocenters. The van der Waals surface area contributed by atoms with Gasteiger partial charge in [0.15, 0.2) is 5.82 Å².